The van der Waals surface area contributed by atoms with Crippen LogP contribution >= 0.6 is 0 Å². The van der Waals surface area contributed by atoms with E-state index in [1.165, 1.54) is 55.4 Å². The summed E-state index contributed by atoms with van der Waals surface area (Å²) in [6.45, 7) is 7.62. The second-order valence-electron chi connectivity index (χ2n) is 11.9. The number of esters is 1. The molecule has 0 bridgehead atoms. The highest BCUT2D eigenvalue weighted by molar-refractivity contribution is 7.93. The minimum Gasteiger partial charge on any atom is -0.458 e. The van der Waals surface area contributed by atoms with Crippen molar-refractivity contribution in [2.45, 2.75) is 69.2 Å². The second kappa shape index (κ2) is 12.8. The van der Waals surface area contributed by atoms with Crippen molar-refractivity contribution in [2.24, 2.45) is 0 Å². The lowest BCUT2D eigenvalue weighted by Gasteiger charge is -2.41. The lowest BCUT2D eigenvalue weighted by atomic mass is 9.89. The van der Waals surface area contributed by atoms with Gasteiger partial charge in [0, 0.05) is 20.6 Å². The Bertz CT molecular complexity index is 1600. The zero-order valence-corrected chi connectivity index (χ0v) is 27.6. The number of hydrogen-bond donors (Lipinski definition) is 1. The van der Waals surface area contributed by atoms with E-state index in [9.17, 15) is 31.2 Å². The minimum absolute atomic E-state index is 0.0372. The van der Waals surface area contributed by atoms with Crippen molar-refractivity contribution >= 4 is 43.7 Å². The summed E-state index contributed by atoms with van der Waals surface area (Å²) in [5.41, 5.74) is -2.94. The number of ether oxygens (including phenoxy) is 2. The third kappa shape index (κ3) is 8.14. The van der Waals surface area contributed by atoms with Gasteiger partial charge in [0.05, 0.1) is 29.0 Å². The van der Waals surface area contributed by atoms with E-state index >= 15 is 0 Å². The Morgan fingerprint density at radius 2 is 1.48 bits per heavy atom. The van der Waals surface area contributed by atoms with E-state index in [2.05, 4.69) is 5.32 Å². The number of Topliss-reactive ketones (excluding diaryl/α,β-unsaturated/α-hetero) is 1. The fourth-order valence-corrected chi connectivity index (χ4v) is 6.89. The lowest BCUT2D eigenvalue weighted by Crippen LogP contribution is -2.65. The summed E-state index contributed by atoms with van der Waals surface area (Å²) in [5, 5.41) is 2.87. The van der Waals surface area contributed by atoms with Gasteiger partial charge in [-0.05, 0) is 77.4 Å². The summed E-state index contributed by atoms with van der Waals surface area (Å²) in [4.78, 5) is 41.5. The summed E-state index contributed by atoms with van der Waals surface area (Å²) >= 11 is 0. The zero-order valence-electron chi connectivity index (χ0n) is 26.0. The molecule has 1 aliphatic rings. The lowest BCUT2D eigenvalue weighted by molar-refractivity contribution is -0.163. The molecule has 0 aliphatic carbocycles. The van der Waals surface area contributed by atoms with E-state index in [-0.39, 0.29) is 29.3 Å². The number of benzene rings is 2. The van der Waals surface area contributed by atoms with E-state index in [4.69, 9.17) is 13.7 Å². The zero-order chi connectivity index (χ0) is 33.3. The van der Waals surface area contributed by atoms with Gasteiger partial charge in [0.15, 0.2) is 5.78 Å². The molecule has 1 N–H and O–H groups in total. The van der Waals surface area contributed by atoms with Gasteiger partial charge in [-0.1, -0.05) is 17.7 Å². The quantitative estimate of drug-likeness (QED) is 0.228. The van der Waals surface area contributed by atoms with Crippen LogP contribution in [0.5, 0.6) is 5.75 Å². The van der Waals surface area contributed by atoms with Gasteiger partial charge < -0.3 is 19.7 Å². The van der Waals surface area contributed by atoms with Crippen LogP contribution in [0, 0.1) is 6.92 Å². The number of aryl methyl sites for hydroxylation is 1. The molecule has 13 nitrogen and oxygen atoms in total. The van der Waals surface area contributed by atoms with Gasteiger partial charge in [-0.15, -0.1) is 0 Å². The molecular formula is C29H39N3O10S2. The van der Waals surface area contributed by atoms with Gasteiger partial charge in [-0.25, -0.2) is 22.3 Å². The van der Waals surface area contributed by atoms with E-state index in [1.807, 2.05) is 0 Å². The van der Waals surface area contributed by atoms with Crippen LogP contribution < -0.4 is 14.4 Å². The van der Waals surface area contributed by atoms with Crippen LogP contribution in [0.1, 0.15) is 39.7 Å². The number of hydrogen-bond acceptors (Lipinski definition) is 11. The normalized spacial score (nSPS) is 18.6. The summed E-state index contributed by atoms with van der Waals surface area (Å²) < 4.78 is 69.0. The molecule has 1 unspecified atom stereocenters. The van der Waals surface area contributed by atoms with Crippen LogP contribution in [0.25, 0.3) is 0 Å². The monoisotopic (exact) mass is 653 g/mol. The van der Waals surface area contributed by atoms with Gasteiger partial charge in [-0.2, -0.15) is 8.42 Å². The fourth-order valence-electron chi connectivity index (χ4n) is 4.52. The maximum atomic E-state index is 14.4. The van der Waals surface area contributed by atoms with Gasteiger partial charge in [0.2, 0.25) is 5.54 Å². The molecule has 1 fully saturated rings. The number of sulfonamides is 1. The van der Waals surface area contributed by atoms with Crippen molar-refractivity contribution in [3.8, 4) is 5.75 Å². The number of carbonyl (C=O) groups excluding carboxylic acids is 3. The van der Waals surface area contributed by atoms with E-state index in [1.54, 1.807) is 39.8 Å². The summed E-state index contributed by atoms with van der Waals surface area (Å²) in [6.07, 6.45) is -0.867. The first-order valence-corrected chi connectivity index (χ1v) is 16.9. The third-order valence-electron chi connectivity index (χ3n) is 6.60. The van der Waals surface area contributed by atoms with Crippen molar-refractivity contribution in [1.82, 2.24) is 10.2 Å². The first-order valence-electron chi connectivity index (χ1n) is 13.7. The molecule has 0 spiro atoms. The van der Waals surface area contributed by atoms with Crippen molar-refractivity contribution < 1.29 is 44.9 Å². The predicted molar refractivity (Wildman–Crippen MR) is 162 cm³/mol. The Balaban J connectivity index is 2.23. The van der Waals surface area contributed by atoms with Crippen LogP contribution in [-0.2, 0) is 38.7 Å². The number of nitrogens with zero attached hydrogens (tertiary/aromatic N) is 2. The summed E-state index contributed by atoms with van der Waals surface area (Å²) in [7, 11) is -5.53. The molecule has 2 aromatic rings. The number of ketones is 1. The van der Waals surface area contributed by atoms with Crippen molar-refractivity contribution in [3.63, 3.8) is 0 Å². The molecule has 1 amide bonds. The summed E-state index contributed by atoms with van der Waals surface area (Å²) in [6, 6.07) is 9.96. The first kappa shape index (κ1) is 35.0. The van der Waals surface area contributed by atoms with E-state index in [0.29, 0.717) is 4.31 Å². The number of carbonyl (C=O) groups is 3. The van der Waals surface area contributed by atoms with Crippen LogP contribution in [0.15, 0.2) is 53.4 Å². The molecule has 1 saturated heterocycles. The number of amides is 1. The first-order chi connectivity index (χ1) is 20.1. The number of anilines is 1. The maximum absolute atomic E-state index is 14.4. The van der Waals surface area contributed by atoms with Gasteiger partial charge in [-0.3, -0.25) is 8.98 Å². The molecular weight excluding hydrogens is 614 g/mol. The van der Waals surface area contributed by atoms with E-state index < -0.39 is 61.3 Å². The average Bonchev–Trinajstić information content (AvgIpc) is 3.35. The Morgan fingerprint density at radius 1 is 0.909 bits per heavy atom. The minimum atomic E-state index is -4.65. The fraction of sp³-hybridized carbons (Fsp3) is 0.483. The molecule has 1 aliphatic heterocycles. The highest BCUT2D eigenvalue weighted by Gasteiger charge is 2.57. The van der Waals surface area contributed by atoms with Crippen molar-refractivity contribution in [1.29, 1.82) is 0 Å². The topological polar surface area (TPSA) is 166 Å². The molecule has 3 rings (SSSR count). The molecule has 15 heteroatoms. The second-order valence-corrected chi connectivity index (χ2v) is 15.3. The number of rotatable bonds is 10. The van der Waals surface area contributed by atoms with Gasteiger partial charge in [0.25, 0.3) is 20.1 Å². The molecule has 3 atom stereocenters. The predicted octanol–water partition coefficient (Wildman–Crippen LogP) is 2.63. The average molecular weight is 654 g/mol. The summed E-state index contributed by atoms with van der Waals surface area (Å²) in [5.74, 6) is -1.95. The maximum Gasteiger partial charge on any atom is 0.414 e. The van der Waals surface area contributed by atoms with Gasteiger partial charge >= 0.3 is 12.1 Å². The standard InChI is InChI=1S/C29H39N3O10S2/c1-19-9-15-23(16-10-19)44(38,39)32(20-11-13-21(14-12-20)40-27(35)31(6)7)29(5,26(34)41-28(2,3)4)25(33)24-17-22(18-30-24)42-43(8,36)37/h9-16,22,24,30H,17-18H2,1-8H3/t22?,24-,29+/m0/s1. The Hall–Kier alpha value is -3.53. The number of nitrogens with one attached hydrogen (secondary N) is 1. The van der Waals surface area contributed by atoms with Gasteiger partial charge in [0.1, 0.15) is 11.4 Å². The highest BCUT2D eigenvalue weighted by atomic mass is 32.2. The Kier molecular flexibility index (Phi) is 10.2. The molecule has 0 aromatic heterocycles. The molecule has 2 aromatic carbocycles. The molecule has 242 valence electrons. The smallest absolute Gasteiger partial charge is 0.414 e. The van der Waals surface area contributed by atoms with Crippen LogP contribution in [0.2, 0.25) is 0 Å². The van der Waals surface area contributed by atoms with Crippen LogP contribution in [0.4, 0.5) is 10.5 Å². The Labute approximate surface area is 258 Å². The van der Waals surface area contributed by atoms with E-state index in [0.717, 1.165) is 18.7 Å². The van der Waals surface area contributed by atoms with Crippen molar-refractivity contribution in [2.75, 3.05) is 31.2 Å². The largest absolute Gasteiger partial charge is 0.458 e. The highest BCUT2D eigenvalue weighted by Crippen LogP contribution is 2.37. The molecule has 44 heavy (non-hydrogen) atoms. The molecule has 1 heterocycles. The van der Waals surface area contributed by atoms with Crippen LogP contribution in [-0.4, -0.2) is 89.8 Å². The molecule has 0 saturated carbocycles. The van der Waals surface area contributed by atoms with Crippen LogP contribution in [0.3, 0.4) is 0 Å². The Morgan fingerprint density at radius 3 is 1.98 bits per heavy atom. The third-order valence-corrected chi connectivity index (χ3v) is 9.15. The molecule has 0 radical (unpaired) electrons. The van der Waals surface area contributed by atoms with Crippen molar-refractivity contribution in [3.05, 3.63) is 54.1 Å². The SMILES string of the molecule is Cc1ccc(S(=O)(=O)N(c2ccc(OC(=O)N(C)C)cc2)[C@@](C)(C(=O)OC(C)(C)C)C(=O)[C@@H]2CC(OS(C)(=O)=O)CN2)cc1.